The Kier molecular flexibility index (Phi) is 5.00. The van der Waals surface area contributed by atoms with E-state index in [2.05, 4.69) is 5.32 Å². The van der Waals surface area contributed by atoms with Crippen LogP contribution in [0.15, 0.2) is 18.2 Å². The zero-order valence-corrected chi connectivity index (χ0v) is 11.8. The molecule has 1 aromatic carbocycles. The molecular formula is C14H20F2N2O. The molecule has 0 aliphatic carbocycles. The average Bonchev–Trinajstić information content (AvgIpc) is 2.39. The van der Waals surface area contributed by atoms with Crippen LogP contribution in [0.2, 0.25) is 0 Å². The largest absolute Gasteiger partial charge is 0.337 e. The second kappa shape index (κ2) is 6.10. The minimum absolute atomic E-state index is 0.0813. The van der Waals surface area contributed by atoms with Gasteiger partial charge in [-0.1, -0.05) is 6.07 Å². The minimum atomic E-state index is -0.895. The summed E-state index contributed by atoms with van der Waals surface area (Å²) in [5.41, 5.74) is -0.116. The lowest BCUT2D eigenvalue weighted by molar-refractivity contribution is -0.137. The van der Waals surface area contributed by atoms with E-state index in [0.717, 1.165) is 12.1 Å². The Morgan fingerprint density at radius 1 is 1.32 bits per heavy atom. The fourth-order valence-corrected chi connectivity index (χ4v) is 1.69. The van der Waals surface area contributed by atoms with Crippen molar-refractivity contribution in [2.24, 2.45) is 0 Å². The molecule has 19 heavy (non-hydrogen) atoms. The number of carbonyl (C=O) groups excluding carboxylic acids is 1. The lowest BCUT2D eigenvalue weighted by Gasteiger charge is -2.31. The van der Waals surface area contributed by atoms with Crippen LogP contribution < -0.4 is 5.32 Å². The number of amides is 1. The predicted molar refractivity (Wildman–Crippen MR) is 70.6 cm³/mol. The number of halogens is 2. The molecule has 0 fully saturated rings. The van der Waals surface area contributed by atoms with E-state index in [0.29, 0.717) is 12.1 Å². The van der Waals surface area contributed by atoms with Crippen molar-refractivity contribution in [1.29, 1.82) is 0 Å². The van der Waals surface area contributed by atoms with Gasteiger partial charge in [-0.3, -0.25) is 4.79 Å². The Hall–Kier alpha value is -1.49. The fraction of sp³-hybridized carbons (Fsp3) is 0.500. The van der Waals surface area contributed by atoms with Gasteiger partial charge in [-0.15, -0.1) is 0 Å². The standard InChI is InChI=1S/C14H20F2N2O/c1-5-18(13(19)14(2,3)17-4)9-10-6-7-11(15)12(16)8-10/h6-8,17H,5,9H2,1-4H3. The minimum Gasteiger partial charge on any atom is -0.337 e. The molecule has 0 aliphatic heterocycles. The summed E-state index contributed by atoms with van der Waals surface area (Å²) in [4.78, 5) is 13.9. The summed E-state index contributed by atoms with van der Waals surface area (Å²) in [6, 6.07) is 3.69. The fourth-order valence-electron chi connectivity index (χ4n) is 1.69. The predicted octanol–water partition coefficient (Wildman–Crippen LogP) is 2.31. The van der Waals surface area contributed by atoms with Crippen molar-refractivity contribution in [2.75, 3.05) is 13.6 Å². The second-order valence-electron chi connectivity index (χ2n) is 4.94. The summed E-state index contributed by atoms with van der Waals surface area (Å²) in [5.74, 6) is -1.86. The smallest absolute Gasteiger partial charge is 0.242 e. The van der Waals surface area contributed by atoms with Crippen LogP contribution in [0.4, 0.5) is 8.78 Å². The van der Waals surface area contributed by atoms with Gasteiger partial charge in [-0.05, 0) is 45.5 Å². The van der Waals surface area contributed by atoms with Gasteiger partial charge < -0.3 is 10.2 Å². The van der Waals surface area contributed by atoms with E-state index in [-0.39, 0.29) is 12.5 Å². The van der Waals surface area contributed by atoms with Crippen LogP contribution in [0.3, 0.4) is 0 Å². The number of nitrogens with zero attached hydrogens (tertiary/aromatic N) is 1. The first-order chi connectivity index (χ1) is 8.81. The molecule has 1 rings (SSSR count). The third kappa shape index (κ3) is 3.73. The van der Waals surface area contributed by atoms with Crippen molar-refractivity contribution in [3.05, 3.63) is 35.4 Å². The van der Waals surface area contributed by atoms with Gasteiger partial charge >= 0.3 is 0 Å². The van der Waals surface area contributed by atoms with Crippen LogP contribution in [0.25, 0.3) is 0 Å². The number of likely N-dealkylation sites (N-methyl/N-ethyl adjacent to an activating group) is 2. The van der Waals surface area contributed by atoms with Crippen molar-refractivity contribution in [1.82, 2.24) is 10.2 Å². The van der Waals surface area contributed by atoms with Gasteiger partial charge in [-0.2, -0.15) is 0 Å². The highest BCUT2D eigenvalue weighted by Gasteiger charge is 2.29. The SMILES string of the molecule is CCN(Cc1ccc(F)c(F)c1)C(=O)C(C)(C)NC. The number of nitrogens with one attached hydrogen (secondary N) is 1. The first-order valence-corrected chi connectivity index (χ1v) is 6.24. The van der Waals surface area contributed by atoms with Crippen LogP contribution >= 0.6 is 0 Å². The molecule has 1 amide bonds. The third-order valence-corrected chi connectivity index (χ3v) is 3.19. The number of hydrogen-bond acceptors (Lipinski definition) is 2. The average molecular weight is 270 g/mol. The highest BCUT2D eigenvalue weighted by atomic mass is 19.2. The van der Waals surface area contributed by atoms with Crippen LogP contribution in [0.1, 0.15) is 26.3 Å². The maximum atomic E-state index is 13.1. The highest BCUT2D eigenvalue weighted by Crippen LogP contribution is 2.14. The van der Waals surface area contributed by atoms with Crippen molar-refractivity contribution in [3.63, 3.8) is 0 Å². The first-order valence-electron chi connectivity index (χ1n) is 6.24. The van der Waals surface area contributed by atoms with Gasteiger partial charge in [0, 0.05) is 13.1 Å². The number of carbonyl (C=O) groups is 1. The van der Waals surface area contributed by atoms with E-state index < -0.39 is 17.2 Å². The Bertz CT molecular complexity index is 461. The van der Waals surface area contributed by atoms with Gasteiger partial charge in [0.2, 0.25) is 5.91 Å². The summed E-state index contributed by atoms with van der Waals surface area (Å²) in [5, 5.41) is 2.94. The zero-order chi connectivity index (χ0) is 14.6. The molecular weight excluding hydrogens is 250 g/mol. The normalized spacial score (nSPS) is 11.5. The first kappa shape index (κ1) is 15.6. The molecule has 0 heterocycles. The van der Waals surface area contributed by atoms with E-state index >= 15 is 0 Å². The molecule has 0 spiro atoms. The van der Waals surface area contributed by atoms with Gasteiger partial charge in [0.25, 0.3) is 0 Å². The maximum Gasteiger partial charge on any atom is 0.242 e. The summed E-state index contributed by atoms with van der Waals surface area (Å²) in [6.45, 7) is 6.18. The molecule has 1 aromatic rings. The Morgan fingerprint density at radius 3 is 2.42 bits per heavy atom. The zero-order valence-electron chi connectivity index (χ0n) is 11.8. The molecule has 5 heteroatoms. The van der Waals surface area contributed by atoms with Crippen LogP contribution in [-0.4, -0.2) is 29.9 Å². The second-order valence-corrected chi connectivity index (χ2v) is 4.94. The quantitative estimate of drug-likeness (QED) is 0.890. The molecule has 0 radical (unpaired) electrons. The molecule has 0 saturated carbocycles. The van der Waals surface area contributed by atoms with Crippen molar-refractivity contribution in [3.8, 4) is 0 Å². The van der Waals surface area contributed by atoms with Crippen LogP contribution in [0.5, 0.6) is 0 Å². The van der Waals surface area contributed by atoms with Gasteiger partial charge in [0.1, 0.15) is 0 Å². The maximum absolute atomic E-state index is 13.1. The molecule has 0 atom stereocenters. The summed E-state index contributed by atoms with van der Waals surface area (Å²) >= 11 is 0. The summed E-state index contributed by atoms with van der Waals surface area (Å²) in [7, 11) is 1.71. The van der Waals surface area contributed by atoms with Crippen molar-refractivity contribution >= 4 is 5.91 Å². The lowest BCUT2D eigenvalue weighted by Crippen LogP contribution is -2.52. The molecule has 0 saturated heterocycles. The number of hydrogen-bond donors (Lipinski definition) is 1. The number of rotatable bonds is 5. The molecule has 3 nitrogen and oxygen atoms in total. The van der Waals surface area contributed by atoms with Crippen molar-refractivity contribution < 1.29 is 13.6 Å². The van der Waals surface area contributed by atoms with E-state index in [9.17, 15) is 13.6 Å². The molecule has 106 valence electrons. The van der Waals surface area contributed by atoms with Crippen LogP contribution in [-0.2, 0) is 11.3 Å². The van der Waals surface area contributed by atoms with Crippen molar-refractivity contribution in [2.45, 2.75) is 32.9 Å². The molecule has 1 N–H and O–H groups in total. The monoisotopic (exact) mass is 270 g/mol. The molecule has 0 unspecified atom stereocenters. The van der Waals surface area contributed by atoms with E-state index in [4.69, 9.17) is 0 Å². The van der Waals surface area contributed by atoms with E-state index in [1.54, 1.807) is 25.8 Å². The van der Waals surface area contributed by atoms with E-state index in [1.807, 2.05) is 6.92 Å². The van der Waals surface area contributed by atoms with Gasteiger partial charge in [0.15, 0.2) is 11.6 Å². The van der Waals surface area contributed by atoms with E-state index in [1.165, 1.54) is 6.07 Å². The highest BCUT2D eigenvalue weighted by molar-refractivity contribution is 5.85. The lowest BCUT2D eigenvalue weighted by atomic mass is 10.0. The Labute approximate surface area is 112 Å². The topological polar surface area (TPSA) is 32.3 Å². The molecule has 0 aliphatic rings. The summed E-state index contributed by atoms with van der Waals surface area (Å²) in [6.07, 6.45) is 0. The molecule has 0 aromatic heterocycles. The van der Waals surface area contributed by atoms with Crippen LogP contribution in [0, 0.1) is 11.6 Å². The van der Waals surface area contributed by atoms with Gasteiger partial charge in [-0.25, -0.2) is 8.78 Å². The summed E-state index contributed by atoms with van der Waals surface area (Å²) < 4.78 is 26.0. The number of benzene rings is 1. The Balaban J connectivity index is 2.88. The van der Waals surface area contributed by atoms with Gasteiger partial charge in [0.05, 0.1) is 5.54 Å². The Morgan fingerprint density at radius 2 is 1.95 bits per heavy atom. The molecule has 0 bridgehead atoms. The third-order valence-electron chi connectivity index (χ3n) is 3.19.